The van der Waals surface area contributed by atoms with Crippen LogP contribution in [0.15, 0.2) is 28.7 Å². The third-order valence-electron chi connectivity index (χ3n) is 3.13. The molecule has 1 heterocycles. The Morgan fingerprint density at radius 1 is 1.30 bits per heavy atom. The normalized spacial score (nSPS) is 11.0. The van der Waals surface area contributed by atoms with Gasteiger partial charge in [-0.15, -0.1) is 0 Å². The van der Waals surface area contributed by atoms with E-state index in [2.05, 4.69) is 71.4 Å². The van der Waals surface area contributed by atoms with Crippen molar-refractivity contribution in [1.29, 1.82) is 0 Å². The molecule has 1 N–H and O–H groups in total. The summed E-state index contributed by atoms with van der Waals surface area (Å²) in [6, 6.07) is 7.65. The van der Waals surface area contributed by atoms with E-state index in [0.29, 0.717) is 15.7 Å². The Balaban J connectivity index is 1.94. The Hall–Kier alpha value is 0.0300. The highest BCUT2D eigenvalue weighted by atomic mass is 127. The summed E-state index contributed by atoms with van der Waals surface area (Å²) in [5.74, 6) is -0.185. The van der Waals surface area contributed by atoms with E-state index < -0.39 is 0 Å². The molecule has 2 aromatic carbocycles. The van der Waals surface area contributed by atoms with E-state index in [1.54, 1.807) is 0 Å². The number of benzene rings is 2. The Morgan fingerprint density at radius 2 is 2.04 bits per heavy atom. The van der Waals surface area contributed by atoms with Crippen LogP contribution in [-0.2, 0) is 0 Å². The topological polar surface area (TPSA) is 42.0 Å². The molecule has 0 aliphatic carbocycles. The van der Waals surface area contributed by atoms with E-state index in [9.17, 15) is 4.79 Å². The van der Waals surface area contributed by atoms with Crippen molar-refractivity contribution in [3.63, 3.8) is 0 Å². The molecule has 3 rings (SSSR count). The Labute approximate surface area is 177 Å². The molecule has 0 atom stereocenters. The second-order valence-electron chi connectivity index (χ2n) is 4.79. The number of hydrogen-bond donors (Lipinski definition) is 1. The molecule has 3 aromatic rings. The molecule has 0 bridgehead atoms. The van der Waals surface area contributed by atoms with Gasteiger partial charge in [0.05, 0.1) is 15.8 Å². The lowest BCUT2D eigenvalue weighted by Gasteiger charge is -2.07. The molecular weight excluding hydrogens is 625 g/mol. The van der Waals surface area contributed by atoms with Crippen molar-refractivity contribution in [2.75, 3.05) is 5.32 Å². The minimum Gasteiger partial charge on any atom is -0.298 e. The van der Waals surface area contributed by atoms with Crippen molar-refractivity contribution in [3.8, 4) is 0 Å². The molecule has 3 nitrogen and oxygen atoms in total. The van der Waals surface area contributed by atoms with Crippen molar-refractivity contribution in [1.82, 2.24) is 4.98 Å². The number of aryl methyl sites for hydroxylation is 1. The van der Waals surface area contributed by atoms with Crippen LogP contribution in [0.3, 0.4) is 0 Å². The zero-order chi connectivity index (χ0) is 16.7. The number of anilines is 1. The third kappa shape index (κ3) is 3.83. The smallest absolute Gasteiger partial charge is 0.258 e. The van der Waals surface area contributed by atoms with E-state index in [1.165, 1.54) is 11.3 Å². The molecule has 0 aliphatic heterocycles. The van der Waals surface area contributed by atoms with Gasteiger partial charge in [0.2, 0.25) is 0 Å². The van der Waals surface area contributed by atoms with Crippen molar-refractivity contribution in [2.24, 2.45) is 0 Å². The Kier molecular flexibility index (Phi) is 5.51. The zero-order valence-corrected chi connectivity index (χ0v) is 19.1. The van der Waals surface area contributed by atoms with Crippen LogP contribution in [0.4, 0.5) is 5.13 Å². The highest BCUT2D eigenvalue weighted by Gasteiger charge is 2.16. The van der Waals surface area contributed by atoms with Gasteiger partial charge in [0.15, 0.2) is 5.13 Å². The number of rotatable bonds is 2. The molecule has 0 unspecified atom stereocenters. The second-order valence-corrected chi connectivity index (χ2v) is 9.43. The largest absolute Gasteiger partial charge is 0.298 e. The summed E-state index contributed by atoms with van der Waals surface area (Å²) < 4.78 is 3.79. The molecular formula is C15H8BrClI2N2OS. The minimum atomic E-state index is -0.185. The molecule has 0 saturated carbocycles. The van der Waals surface area contributed by atoms with E-state index in [1.807, 2.05) is 31.2 Å². The summed E-state index contributed by atoms with van der Waals surface area (Å²) in [6.07, 6.45) is 0. The lowest BCUT2D eigenvalue weighted by molar-refractivity contribution is 0.102. The summed E-state index contributed by atoms with van der Waals surface area (Å²) in [5.41, 5.74) is 2.38. The fourth-order valence-electron chi connectivity index (χ4n) is 1.99. The van der Waals surface area contributed by atoms with E-state index in [0.717, 1.165) is 27.4 Å². The van der Waals surface area contributed by atoms with Gasteiger partial charge < -0.3 is 0 Å². The number of amides is 1. The predicted molar refractivity (Wildman–Crippen MR) is 117 cm³/mol. The molecule has 0 fully saturated rings. The number of fused-ring (bicyclic) bond motifs is 1. The second kappa shape index (κ2) is 7.11. The van der Waals surface area contributed by atoms with Crippen molar-refractivity contribution < 1.29 is 4.79 Å². The van der Waals surface area contributed by atoms with Crippen LogP contribution in [0.5, 0.6) is 0 Å². The SMILES string of the molecule is Cc1cc2sc(NC(=O)c3cc(I)cc(I)c3Br)nc2cc1Cl. The van der Waals surface area contributed by atoms with Gasteiger partial charge in [-0.2, -0.15) is 0 Å². The number of carbonyl (C=O) groups excluding carboxylic acids is 1. The van der Waals surface area contributed by atoms with E-state index in [-0.39, 0.29) is 5.91 Å². The predicted octanol–water partition coefficient (Wildman–Crippen LogP) is 6.48. The van der Waals surface area contributed by atoms with Gasteiger partial charge in [-0.1, -0.05) is 22.9 Å². The molecule has 118 valence electrons. The molecule has 0 aliphatic rings. The number of aromatic nitrogens is 1. The first kappa shape index (κ1) is 17.8. The maximum atomic E-state index is 12.5. The number of halogens is 4. The van der Waals surface area contributed by atoms with Crippen LogP contribution < -0.4 is 5.32 Å². The minimum absolute atomic E-state index is 0.185. The van der Waals surface area contributed by atoms with Gasteiger partial charge in [-0.3, -0.25) is 10.1 Å². The average Bonchev–Trinajstić information content (AvgIpc) is 2.84. The van der Waals surface area contributed by atoms with Gasteiger partial charge in [0.1, 0.15) is 0 Å². The lowest BCUT2D eigenvalue weighted by Crippen LogP contribution is -2.13. The fourth-order valence-corrected chi connectivity index (χ4v) is 5.34. The number of hydrogen-bond acceptors (Lipinski definition) is 3. The molecule has 23 heavy (non-hydrogen) atoms. The first-order valence-corrected chi connectivity index (χ1v) is 10.5. The first-order chi connectivity index (χ1) is 10.8. The number of nitrogens with one attached hydrogen (secondary N) is 1. The van der Waals surface area contributed by atoms with Gasteiger partial charge in [-0.25, -0.2) is 4.98 Å². The Morgan fingerprint density at radius 3 is 2.78 bits per heavy atom. The van der Waals surface area contributed by atoms with Crippen LogP contribution in [-0.4, -0.2) is 10.9 Å². The molecule has 0 spiro atoms. The van der Waals surface area contributed by atoms with Gasteiger partial charge in [0, 0.05) is 16.6 Å². The van der Waals surface area contributed by atoms with E-state index in [4.69, 9.17) is 11.6 Å². The molecule has 1 aromatic heterocycles. The van der Waals surface area contributed by atoms with Crippen molar-refractivity contribution >= 4 is 105 Å². The van der Waals surface area contributed by atoms with Crippen LogP contribution >= 0.6 is 84.0 Å². The highest BCUT2D eigenvalue weighted by Crippen LogP contribution is 2.32. The van der Waals surface area contributed by atoms with Gasteiger partial charge >= 0.3 is 0 Å². The highest BCUT2D eigenvalue weighted by molar-refractivity contribution is 14.1. The summed E-state index contributed by atoms with van der Waals surface area (Å²) >= 11 is 15.4. The lowest BCUT2D eigenvalue weighted by atomic mass is 10.2. The van der Waals surface area contributed by atoms with Crippen LogP contribution in [0.2, 0.25) is 5.02 Å². The standard InChI is InChI=1S/C15H8BrClI2N2OS/c1-6-2-12-11(5-9(6)17)20-15(23-12)21-14(22)8-3-7(18)4-10(19)13(8)16/h2-5H,1H3,(H,20,21,22). The third-order valence-corrected chi connectivity index (χ3v) is 7.54. The van der Waals surface area contributed by atoms with Gasteiger partial charge in [-0.05, 0) is 97.9 Å². The van der Waals surface area contributed by atoms with Crippen molar-refractivity contribution in [3.05, 3.63) is 52.0 Å². The molecule has 0 saturated heterocycles. The monoisotopic (exact) mass is 632 g/mol. The summed E-state index contributed by atoms with van der Waals surface area (Å²) in [7, 11) is 0. The van der Waals surface area contributed by atoms with Crippen LogP contribution in [0, 0.1) is 14.1 Å². The number of thiazole rings is 1. The fraction of sp³-hybridized carbons (Fsp3) is 0.0667. The molecule has 0 radical (unpaired) electrons. The average molecular weight is 633 g/mol. The van der Waals surface area contributed by atoms with Crippen molar-refractivity contribution in [2.45, 2.75) is 6.92 Å². The summed E-state index contributed by atoms with van der Waals surface area (Å²) in [4.78, 5) is 17.0. The maximum Gasteiger partial charge on any atom is 0.258 e. The van der Waals surface area contributed by atoms with Gasteiger partial charge in [0.25, 0.3) is 5.91 Å². The molecule has 1 amide bonds. The zero-order valence-electron chi connectivity index (χ0n) is 11.6. The van der Waals surface area contributed by atoms with Crippen LogP contribution in [0.25, 0.3) is 10.2 Å². The molecule has 8 heteroatoms. The maximum absolute atomic E-state index is 12.5. The number of nitrogens with zero attached hydrogens (tertiary/aromatic N) is 1. The quantitative estimate of drug-likeness (QED) is 0.260. The summed E-state index contributed by atoms with van der Waals surface area (Å²) in [5, 5.41) is 4.11. The van der Waals surface area contributed by atoms with E-state index >= 15 is 0 Å². The first-order valence-electron chi connectivity index (χ1n) is 6.37. The Bertz CT molecular complexity index is 906. The number of carbonyl (C=O) groups is 1. The summed E-state index contributed by atoms with van der Waals surface area (Å²) in [6.45, 7) is 1.95. The van der Waals surface area contributed by atoms with Crippen LogP contribution in [0.1, 0.15) is 15.9 Å².